The van der Waals surface area contributed by atoms with Gasteiger partial charge in [-0.2, -0.15) is 0 Å². The van der Waals surface area contributed by atoms with E-state index in [2.05, 4.69) is 26.2 Å². The number of carbonyl (C=O) groups is 1. The number of rotatable bonds is 2. The largest absolute Gasteiger partial charge is 0.319 e. The topological polar surface area (TPSA) is 42.0 Å². The summed E-state index contributed by atoms with van der Waals surface area (Å²) in [5, 5.41) is 2.65. The van der Waals surface area contributed by atoms with Gasteiger partial charge in [0.15, 0.2) is 5.15 Å². The Kier molecular flexibility index (Phi) is 3.93. The fourth-order valence-corrected chi connectivity index (χ4v) is 1.87. The number of nitrogens with one attached hydrogen (secondary N) is 1. The zero-order valence-electron chi connectivity index (χ0n) is 8.95. The van der Waals surface area contributed by atoms with Crippen LogP contribution < -0.4 is 5.32 Å². The van der Waals surface area contributed by atoms with Gasteiger partial charge in [0.25, 0.3) is 5.91 Å². The van der Waals surface area contributed by atoms with Gasteiger partial charge in [-0.3, -0.25) is 4.79 Å². The Morgan fingerprint density at radius 1 is 1.39 bits per heavy atom. The Morgan fingerprint density at radius 2 is 2.17 bits per heavy atom. The molecule has 92 valence electrons. The fraction of sp³-hybridized carbons (Fsp3) is 0. The van der Waals surface area contributed by atoms with Crippen LogP contribution >= 0.6 is 27.5 Å². The van der Waals surface area contributed by atoms with Crippen molar-refractivity contribution in [2.45, 2.75) is 0 Å². The molecule has 0 fully saturated rings. The smallest absolute Gasteiger partial charge is 0.258 e. The van der Waals surface area contributed by atoms with Crippen LogP contribution in [0.2, 0.25) is 5.15 Å². The van der Waals surface area contributed by atoms with Crippen molar-refractivity contribution in [1.82, 2.24) is 4.98 Å². The average Bonchev–Trinajstić information content (AvgIpc) is 2.35. The molecule has 0 atom stereocenters. The van der Waals surface area contributed by atoms with Crippen molar-refractivity contribution in [2.75, 3.05) is 5.32 Å². The van der Waals surface area contributed by atoms with Crippen molar-refractivity contribution in [2.24, 2.45) is 0 Å². The molecule has 2 aromatic rings. The molecule has 0 aliphatic rings. The Bertz CT molecular complexity index is 606. The molecular formula is C12H7BrClFN2O. The lowest BCUT2D eigenvalue weighted by Crippen LogP contribution is -2.14. The minimum atomic E-state index is -0.601. The molecule has 1 aromatic heterocycles. The van der Waals surface area contributed by atoms with Crippen molar-refractivity contribution in [3.63, 3.8) is 0 Å². The van der Waals surface area contributed by atoms with Crippen molar-refractivity contribution in [3.05, 3.63) is 57.5 Å². The molecule has 18 heavy (non-hydrogen) atoms. The molecule has 0 spiro atoms. The van der Waals surface area contributed by atoms with E-state index in [1.165, 1.54) is 24.4 Å². The number of pyridine rings is 1. The second-order valence-corrected chi connectivity index (χ2v) is 4.69. The lowest BCUT2D eigenvalue weighted by molar-refractivity contribution is 0.102. The van der Waals surface area contributed by atoms with Gasteiger partial charge in [-0.1, -0.05) is 27.5 Å². The minimum absolute atomic E-state index is 0.0655. The van der Waals surface area contributed by atoms with E-state index >= 15 is 0 Å². The van der Waals surface area contributed by atoms with Crippen LogP contribution in [-0.2, 0) is 0 Å². The molecule has 1 N–H and O–H groups in total. The third-order valence-electron chi connectivity index (χ3n) is 2.18. The van der Waals surface area contributed by atoms with Gasteiger partial charge in [0, 0.05) is 10.7 Å². The van der Waals surface area contributed by atoms with Gasteiger partial charge in [0.2, 0.25) is 0 Å². The fourth-order valence-electron chi connectivity index (χ4n) is 1.34. The molecule has 0 aliphatic heterocycles. The van der Waals surface area contributed by atoms with Gasteiger partial charge >= 0.3 is 0 Å². The standard InChI is InChI=1S/C12H7BrClFN2O/c13-7-3-4-9(15)8(6-7)12(18)17-10-2-1-5-16-11(10)14/h1-6H,(H,17,18). The van der Waals surface area contributed by atoms with Crippen LogP contribution in [0.25, 0.3) is 0 Å². The molecular weight excluding hydrogens is 322 g/mol. The molecule has 0 saturated carbocycles. The highest BCUT2D eigenvalue weighted by atomic mass is 79.9. The van der Waals surface area contributed by atoms with E-state index in [-0.39, 0.29) is 10.7 Å². The van der Waals surface area contributed by atoms with Gasteiger partial charge in [-0.15, -0.1) is 0 Å². The van der Waals surface area contributed by atoms with Crippen LogP contribution in [0, 0.1) is 5.82 Å². The van der Waals surface area contributed by atoms with Crippen LogP contribution in [-0.4, -0.2) is 10.9 Å². The number of halogens is 3. The van der Waals surface area contributed by atoms with Crippen LogP contribution in [0.4, 0.5) is 10.1 Å². The number of amides is 1. The van der Waals surface area contributed by atoms with Crippen molar-refractivity contribution in [3.8, 4) is 0 Å². The number of anilines is 1. The molecule has 1 aromatic carbocycles. The molecule has 1 heterocycles. The van der Waals surface area contributed by atoms with Crippen molar-refractivity contribution < 1.29 is 9.18 Å². The molecule has 0 radical (unpaired) electrons. The minimum Gasteiger partial charge on any atom is -0.319 e. The molecule has 2 rings (SSSR count). The molecule has 6 heteroatoms. The highest BCUT2D eigenvalue weighted by Gasteiger charge is 2.13. The third-order valence-corrected chi connectivity index (χ3v) is 2.97. The number of hydrogen-bond donors (Lipinski definition) is 1. The summed E-state index contributed by atoms with van der Waals surface area (Å²) in [4.78, 5) is 15.7. The first-order valence-electron chi connectivity index (χ1n) is 4.95. The summed E-state index contributed by atoms with van der Waals surface area (Å²) < 4.78 is 14.1. The summed E-state index contributed by atoms with van der Waals surface area (Å²) >= 11 is 8.98. The first-order chi connectivity index (χ1) is 8.58. The number of hydrogen-bond acceptors (Lipinski definition) is 2. The number of aromatic nitrogens is 1. The highest BCUT2D eigenvalue weighted by molar-refractivity contribution is 9.10. The lowest BCUT2D eigenvalue weighted by Gasteiger charge is -2.07. The molecule has 0 aliphatic carbocycles. The van der Waals surface area contributed by atoms with E-state index < -0.39 is 11.7 Å². The van der Waals surface area contributed by atoms with E-state index in [9.17, 15) is 9.18 Å². The Hall–Kier alpha value is -1.46. The summed E-state index contributed by atoms with van der Waals surface area (Å²) in [5.74, 6) is -1.18. The van der Waals surface area contributed by atoms with Crippen molar-refractivity contribution >= 4 is 39.1 Å². The molecule has 3 nitrogen and oxygen atoms in total. The predicted octanol–water partition coefficient (Wildman–Crippen LogP) is 3.89. The first-order valence-corrected chi connectivity index (χ1v) is 6.12. The van der Waals surface area contributed by atoms with Gasteiger partial charge in [0.1, 0.15) is 5.82 Å². The zero-order valence-corrected chi connectivity index (χ0v) is 11.3. The molecule has 0 saturated heterocycles. The van der Waals surface area contributed by atoms with E-state index in [1.807, 2.05) is 0 Å². The Labute approximate surface area is 116 Å². The van der Waals surface area contributed by atoms with Gasteiger partial charge < -0.3 is 5.32 Å². The quantitative estimate of drug-likeness (QED) is 0.849. The Morgan fingerprint density at radius 3 is 2.89 bits per heavy atom. The van der Waals surface area contributed by atoms with Crippen LogP contribution in [0.15, 0.2) is 41.0 Å². The molecule has 0 bridgehead atoms. The van der Waals surface area contributed by atoms with E-state index in [0.717, 1.165) is 0 Å². The maximum atomic E-state index is 13.5. The molecule has 1 amide bonds. The Balaban J connectivity index is 2.28. The number of nitrogens with zero attached hydrogens (tertiary/aromatic N) is 1. The highest BCUT2D eigenvalue weighted by Crippen LogP contribution is 2.20. The van der Waals surface area contributed by atoms with Crippen LogP contribution in [0.5, 0.6) is 0 Å². The first kappa shape index (κ1) is 13.0. The molecule has 0 unspecified atom stereocenters. The predicted molar refractivity (Wildman–Crippen MR) is 71.3 cm³/mol. The summed E-state index contributed by atoms with van der Waals surface area (Å²) in [6, 6.07) is 7.34. The summed E-state index contributed by atoms with van der Waals surface area (Å²) in [6.07, 6.45) is 1.50. The maximum Gasteiger partial charge on any atom is 0.258 e. The zero-order chi connectivity index (χ0) is 13.1. The second-order valence-electron chi connectivity index (χ2n) is 3.42. The lowest BCUT2D eigenvalue weighted by atomic mass is 10.2. The average molecular weight is 330 g/mol. The van der Waals surface area contributed by atoms with E-state index in [1.54, 1.807) is 12.1 Å². The van der Waals surface area contributed by atoms with Gasteiger partial charge in [0.05, 0.1) is 11.3 Å². The summed E-state index contributed by atoms with van der Waals surface area (Å²) in [7, 11) is 0. The second kappa shape index (κ2) is 5.46. The third kappa shape index (κ3) is 2.86. The van der Waals surface area contributed by atoms with Crippen LogP contribution in [0.1, 0.15) is 10.4 Å². The van der Waals surface area contributed by atoms with Crippen molar-refractivity contribution in [1.29, 1.82) is 0 Å². The van der Waals surface area contributed by atoms with Crippen LogP contribution in [0.3, 0.4) is 0 Å². The van der Waals surface area contributed by atoms with E-state index in [0.29, 0.717) is 10.2 Å². The van der Waals surface area contributed by atoms with Gasteiger partial charge in [-0.05, 0) is 30.3 Å². The monoisotopic (exact) mass is 328 g/mol. The van der Waals surface area contributed by atoms with Gasteiger partial charge in [-0.25, -0.2) is 9.37 Å². The van der Waals surface area contributed by atoms with E-state index in [4.69, 9.17) is 11.6 Å². The number of benzene rings is 1. The summed E-state index contributed by atoms with van der Waals surface area (Å²) in [6.45, 7) is 0. The number of carbonyl (C=O) groups excluding carboxylic acids is 1. The summed E-state index contributed by atoms with van der Waals surface area (Å²) in [5.41, 5.74) is 0.271. The maximum absolute atomic E-state index is 13.5. The normalized spacial score (nSPS) is 10.2. The SMILES string of the molecule is O=C(Nc1cccnc1Cl)c1cc(Br)ccc1F.